The second-order valence-electron chi connectivity index (χ2n) is 3.72. The van der Waals surface area contributed by atoms with Gasteiger partial charge in [0.05, 0.1) is 16.9 Å². The number of aromatic carboxylic acids is 1. The van der Waals surface area contributed by atoms with E-state index in [1.54, 1.807) is 6.92 Å². The molecule has 0 aliphatic carbocycles. The smallest absolute Gasteiger partial charge is 0.339 e. The van der Waals surface area contributed by atoms with E-state index in [-0.39, 0.29) is 5.56 Å². The summed E-state index contributed by atoms with van der Waals surface area (Å²) in [6.45, 7) is 1.63. The van der Waals surface area contributed by atoms with Crippen LogP contribution in [0.25, 0.3) is 0 Å². The largest absolute Gasteiger partial charge is 0.478 e. The zero-order chi connectivity index (χ0) is 14.0. The van der Waals surface area contributed by atoms with Gasteiger partial charge in [0.15, 0.2) is 0 Å². The maximum atomic E-state index is 10.9. The van der Waals surface area contributed by atoms with E-state index in [0.717, 1.165) is 14.6 Å². The van der Waals surface area contributed by atoms with E-state index in [0.29, 0.717) is 11.6 Å². The highest BCUT2D eigenvalue weighted by molar-refractivity contribution is 9.11. The molecule has 1 aromatic heterocycles. The molecule has 7 heteroatoms. The molecule has 19 heavy (non-hydrogen) atoms. The average Bonchev–Trinajstić information content (AvgIpc) is 2.33. The van der Waals surface area contributed by atoms with Gasteiger partial charge in [0.25, 0.3) is 0 Å². The van der Waals surface area contributed by atoms with Crippen LogP contribution in [0, 0.1) is 6.92 Å². The van der Waals surface area contributed by atoms with Crippen molar-refractivity contribution >= 4 is 49.5 Å². The van der Waals surface area contributed by atoms with Crippen LogP contribution in [0.2, 0.25) is 0 Å². The second kappa shape index (κ2) is 5.66. The topological polar surface area (TPSA) is 75.1 Å². The van der Waals surface area contributed by atoms with E-state index >= 15 is 0 Å². The fraction of sp³-hybridized carbons (Fsp3) is 0.0833. The van der Waals surface area contributed by atoms with E-state index in [9.17, 15) is 4.79 Å². The van der Waals surface area contributed by atoms with Gasteiger partial charge in [0.2, 0.25) is 5.95 Å². The molecular weight excluding hydrogens is 378 g/mol. The summed E-state index contributed by atoms with van der Waals surface area (Å²) in [7, 11) is 0. The van der Waals surface area contributed by atoms with E-state index in [1.807, 2.05) is 18.2 Å². The lowest BCUT2D eigenvalue weighted by Crippen LogP contribution is -2.06. The molecule has 0 saturated carbocycles. The molecular formula is C12H9Br2N3O2. The minimum absolute atomic E-state index is 0.0942. The molecule has 0 aliphatic heterocycles. The molecule has 5 nitrogen and oxygen atoms in total. The number of para-hydroxylation sites is 1. The number of aromatic nitrogens is 2. The molecule has 98 valence electrons. The number of nitrogens with zero attached hydrogens (tertiary/aromatic N) is 2. The number of carboxylic acid groups (broad SMARTS) is 1. The van der Waals surface area contributed by atoms with E-state index < -0.39 is 5.97 Å². The fourth-order valence-corrected chi connectivity index (χ4v) is 2.66. The maximum Gasteiger partial charge on any atom is 0.339 e. The van der Waals surface area contributed by atoms with Gasteiger partial charge < -0.3 is 10.4 Å². The van der Waals surface area contributed by atoms with Gasteiger partial charge >= 0.3 is 5.97 Å². The summed E-state index contributed by atoms with van der Waals surface area (Å²) in [5, 5.41) is 12.0. The van der Waals surface area contributed by atoms with E-state index in [4.69, 9.17) is 5.11 Å². The second-order valence-corrected chi connectivity index (χ2v) is 5.43. The first kappa shape index (κ1) is 14.0. The first-order chi connectivity index (χ1) is 8.99. The zero-order valence-electron chi connectivity index (χ0n) is 9.82. The molecule has 0 bridgehead atoms. The highest BCUT2D eigenvalue weighted by Gasteiger charge is 2.11. The Morgan fingerprint density at radius 1 is 1.32 bits per heavy atom. The van der Waals surface area contributed by atoms with Crippen molar-refractivity contribution in [1.29, 1.82) is 0 Å². The first-order valence-corrected chi connectivity index (χ1v) is 6.85. The zero-order valence-corrected chi connectivity index (χ0v) is 13.0. The van der Waals surface area contributed by atoms with Gasteiger partial charge in [-0.2, -0.15) is 0 Å². The lowest BCUT2D eigenvalue weighted by molar-refractivity contribution is 0.0695. The Hall–Kier alpha value is -1.47. The Kier molecular flexibility index (Phi) is 4.16. The molecule has 0 radical (unpaired) electrons. The lowest BCUT2D eigenvalue weighted by Gasteiger charge is -2.10. The molecule has 0 aliphatic rings. The molecule has 1 heterocycles. The number of carboxylic acids is 1. The van der Waals surface area contributed by atoms with Crippen LogP contribution in [0.15, 0.2) is 33.3 Å². The number of hydrogen-bond acceptors (Lipinski definition) is 4. The molecule has 1 aromatic carbocycles. The number of carbonyl (C=O) groups is 1. The van der Waals surface area contributed by atoms with Crippen LogP contribution in [0.5, 0.6) is 0 Å². The van der Waals surface area contributed by atoms with Crippen LogP contribution in [-0.4, -0.2) is 21.0 Å². The Morgan fingerprint density at radius 3 is 2.47 bits per heavy atom. The van der Waals surface area contributed by atoms with Gasteiger partial charge in [-0.15, -0.1) is 0 Å². The van der Waals surface area contributed by atoms with Gasteiger partial charge in [-0.25, -0.2) is 14.8 Å². The van der Waals surface area contributed by atoms with Crippen molar-refractivity contribution in [3.8, 4) is 0 Å². The van der Waals surface area contributed by atoms with Crippen molar-refractivity contribution in [1.82, 2.24) is 9.97 Å². The van der Waals surface area contributed by atoms with Crippen LogP contribution < -0.4 is 5.32 Å². The van der Waals surface area contributed by atoms with Crippen LogP contribution >= 0.6 is 31.9 Å². The predicted molar refractivity (Wildman–Crippen MR) is 78.9 cm³/mol. The fourth-order valence-electron chi connectivity index (χ4n) is 1.47. The monoisotopic (exact) mass is 385 g/mol. The Balaban J connectivity index is 2.34. The third-order valence-corrected chi connectivity index (χ3v) is 3.73. The van der Waals surface area contributed by atoms with Crippen molar-refractivity contribution < 1.29 is 9.90 Å². The highest BCUT2D eigenvalue weighted by Crippen LogP contribution is 2.32. The minimum Gasteiger partial charge on any atom is -0.478 e. The number of hydrogen-bond donors (Lipinski definition) is 2. The van der Waals surface area contributed by atoms with Crippen molar-refractivity contribution in [3.05, 3.63) is 44.6 Å². The van der Waals surface area contributed by atoms with Gasteiger partial charge in [-0.3, -0.25) is 0 Å². The number of aryl methyl sites for hydroxylation is 1. The quantitative estimate of drug-likeness (QED) is 0.840. The Morgan fingerprint density at radius 2 is 1.95 bits per heavy atom. The summed E-state index contributed by atoms with van der Waals surface area (Å²) in [6.07, 6.45) is 1.29. The summed E-state index contributed by atoms with van der Waals surface area (Å²) in [4.78, 5) is 19.0. The van der Waals surface area contributed by atoms with Crippen molar-refractivity contribution in [3.63, 3.8) is 0 Å². The molecule has 0 spiro atoms. The normalized spacial score (nSPS) is 10.3. The Bertz CT molecular complexity index is 627. The van der Waals surface area contributed by atoms with Crippen LogP contribution in [0.1, 0.15) is 16.1 Å². The Labute approximate surface area is 126 Å². The molecule has 0 atom stereocenters. The maximum absolute atomic E-state index is 10.9. The summed E-state index contributed by atoms with van der Waals surface area (Å²) >= 11 is 6.84. The SMILES string of the molecule is Cc1nc(Nc2c(Br)cccc2Br)ncc1C(=O)O. The lowest BCUT2D eigenvalue weighted by atomic mass is 10.2. The third kappa shape index (κ3) is 3.10. The highest BCUT2D eigenvalue weighted by atomic mass is 79.9. The molecule has 0 saturated heterocycles. The van der Waals surface area contributed by atoms with E-state index in [1.165, 1.54) is 6.20 Å². The van der Waals surface area contributed by atoms with E-state index in [2.05, 4.69) is 47.1 Å². The summed E-state index contributed by atoms with van der Waals surface area (Å²) in [5.74, 6) is -0.693. The summed E-state index contributed by atoms with van der Waals surface area (Å²) in [5.41, 5.74) is 1.29. The van der Waals surface area contributed by atoms with Crippen LogP contribution in [0.3, 0.4) is 0 Å². The molecule has 2 aromatic rings. The number of nitrogens with one attached hydrogen (secondary N) is 1. The minimum atomic E-state index is -1.04. The summed E-state index contributed by atoms with van der Waals surface area (Å²) in [6, 6.07) is 5.65. The van der Waals surface area contributed by atoms with Crippen LogP contribution in [-0.2, 0) is 0 Å². The third-order valence-electron chi connectivity index (χ3n) is 2.41. The summed E-state index contributed by atoms with van der Waals surface area (Å²) < 4.78 is 1.70. The van der Waals surface area contributed by atoms with Crippen molar-refractivity contribution in [2.24, 2.45) is 0 Å². The van der Waals surface area contributed by atoms with Gasteiger partial charge in [0, 0.05) is 15.1 Å². The number of halogens is 2. The molecule has 2 rings (SSSR count). The molecule has 2 N–H and O–H groups in total. The molecule has 0 amide bonds. The predicted octanol–water partition coefficient (Wildman–Crippen LogP) is 3.75. The number of anilines is 2. The number of rotatable bonds is 3. The van der Waals surface area contributed by atoms with Crippen molar-refractivity contribution in [2.75, 3.05) is 5.32 Å². The van der Waals surface area contributed by atoms with Crippen LogP contribution in [0.4, 0.5) is 11.6 Å². The molecule has 0 fully saturated rings. The first-order valence-electron chi connectivity index (χ1n) is 5.27. The van der Waals surface area contributed by atoms with Gasteiger partial charge in [-0.05, 0) is 50.9 Å². The van der Waals surface area contributed by atoms with Gasteiger partial charge in [-0.1, -0.05) is 6.07 Å². The standard InChI is InChI=1S/C12H9Br2N3O2/c1-6-7(11(18)19)5-15-12(16-6)17-10-8(13)3-2-4-9(10)14/h2-5H,1H3,(H,18,19)(H,15,16,17). The van der Waals surface area contributed by atoms with Crippen molar-refractivity contribution in [2.45, 2.75) is 6.92 Å². The van der Waals surface area contributed by atoms with Gasteiger partial charge in [0.1, 0.15) is 0 Å². The number of benzene rings is 1. The molecule has 0 unspecified atom stereocenters. The average molecular weight is 387 g/mol.